The molecule has 1 heterocycles. The highest BCUT2D eigenvalue weighted by Gasteiger charge is 2.40. The molecule has 1 amide bonds. The van der Waals surface area contributed by atoms with E-state index in [-0.39, 0.29) is 23.8 Å². The molecule has 5 heteroatoms. The molecule has 1 atom stereocenters. The molecule has 1 aliphatic carbocycles. The van der Waals surface area contributed by atoms with Crippen LogP contribution in [-0.2, 0) is 14.3 Å². The van der Waals surface area contributed by atoms with Gasteiger partial charge in [-0.2, -0.15) is 0 Å². The molecule has 2 aliphatic rings. The number of rotatable bonds is 5. The smallest absolute Gasteiger partial charge is 0.303 e. The van der Waals surface area contributed by atoms with Gasteiger partial charge in [0.25, 0.3) is 0 Å². The molecule has 2 fully saturated rings. The average Bonchev–Trinajstić information content (AvgIpc) is 2.97. The third-order valence-electron chi connectivity index (χ3n) is 4.55. The van der Waals surface area contributed by atoms with Gasteiger partial charge >= 0.3 is 5.97 Å². The van der Waals surface area contributed by atoms with Crippen LogP contribution >= 0.6 is 0 Å². The standard InChI is InChI=1S/C14H23NO4/c1-19-11-4-7-15(10-11)12(16)8-14(9-13(17)18)5-2-3-6-14/h11H,2-10H2,1H3,(H,17,18). The van der Waals surface area contributed by atoms with Crippen LogP contribution in [0, 0.1) is 5.41 Å². The lowest BCUT2D eigenvalue weighted by Gasteiger charge is -2.28. The van der Waals surface area contributed by atoms with Gasteiger partial charge in [-0.3, -0.25) is 9.59 Å². The highest BCUT2D eigenvalue weighted by Crippen LogP contribution is 2.44. The van der Waals surface area contributed by atoms with E-state index in [1.165, 1.54) is 0 Å². The van der Waals surface area contributed by atoms with Crippen LogP contribution in [0.3, 0.4) is 0 Å². The van der Waals surface area contributed by atoms with Crippen molar-refractivity contribution in [3.8, 4) is 0 Å². The van der Waals surface area contributed by atoms with Crippen molar-refractivity contribution < 1.29 is 19.4 Å². The van der Waals surface area contributed by atoms with E-state index >= 15 is 0 Å². The number of nitrogens with zero attached hydrogens (tertiary/aromatic N) is 1. The molecule has 0 aromatic carbocycles. The molecule has 0 spiro atoms. The van der Waals surface area contributed by atoms with Gasteiger partial charge in [0.05, 0.1) is 12.5 Å². The van der Waals surface area contributed by atoms with Crippen LogP contribution in [0.5, 0.6) is 0 Å². The van der Waals surface area contributed by atoms with Gasteiger partial charge in [-0.1, -0.05) is 12.8 Å². The highest BCUT2D eigenvalue weighted by atomic mass is 16.5. The third-order valence-corrected chi connectivity index (χ3v) is 4.55. The summed E-state index contributed by atoms with van der Waals surface area (Å²) < 4.78 is 5.26. The Balaban J connectivity index is 1.94. The lowest BCUT2D eigenvalue weighted by atomic mass is 9.79. The van der Waals surface area contributed by atoms with Crippen molar-refractivity contribution >= 4 is 11.9 Å². The Labute approximate surface area is 113 Å². The topological polar surface area (TPSA) is 66.8 Å². The van der Waals surface area contributed by atoms with Crippen LogP contribution in [0.1, 0.15) is 44.9 Å². The zero-order valence-electron chi connectivity index (χ0n) is 11.6. The Bertz CT molecular complexity index is 349. The number of carboxylic acid groups (broad SMARTS) is 1. The van der Waals surface area contributed by atoms with Crippen LogP contribution in [0.25, 0.3) is 0 Å². The first-order chi connectivity index (χ1) is 9.04. The fraction of sp³-hybridized carbons (Fsp3) is 0.857. The number of ether oxygens (including phenoxy) is 1. The van der Waals surface area contributed by atoms with Crippen molar-refractivity contribution in [1.29, 1.82) is 0 Å². The number of amides is 1. The number of carbonyl (C=O) groups is 2. The maximum absolute atomic E-state index is 12.3. The summed E-state index contributed by atoms with van der Waals surface area (Å²) in [7, 11) is 1.67. The van der Waals surface area contributed by atoms with E-state index in [0.29, 0.717) is 13.0 Å². The minimum absolute atomic E-state index is 0.0997. The number of hydrogen-bond donors (Lipinski definition) is 1. The second-order valence-corrected chi connectivity index (χ2v) is 5.94. The quantitative estimate of drug-likeness (QED) is 0.824. The summed E-state index contributed by atoms with van der Waals surface area (Å²) in [5.41, 5.74) is -0.298. The van der Waals surface area contributed by atoms with Crippen molar-refractivity contribution in [1.82, 2.24) is 4.90 Å². The van der Waals surface area contributed by atoms with Gasteiger partial charge in [-0.25, -0.2) is 0 Å². The van der Waals surface area contributed by atoms with E-state index in [2.05, 4.69) is 0 Å². The first-order valence-corrected chi connectivity index (χ1v) is 7.07. The molecular formula is C14H23NO4. The van der Waals surface area contributed by atoms with Crippen LogP contribution < -0.4 is 0 Å². The number of aliphatic carboxylic acids is 1. The Kier molecular flexibility index (Phi) is 4.45. The van der Waals surface area contributed by atoms with E-state index in [1.54, 1.807) is 7.11 Å². The average molecular weight is 269 g/mol. The van der Waals surface area contributed by atoms with Crippen LogP contribution in [0.4, 0.5) is 0 Å². The molecule has 1 N–H and O–H groups in total. The van der Waals surface area contributed by atoms with Crippen molar-refractivity contribution in [2.45, 2.75) is 51.0 Å². The van der Waals surface area contributed by atoms with Gasteiger partial charge < -0.3 is 14.7 Å². The van der Waals surface area contributed by atoms with E-state index in [1.807, 2.05) is 4.90 Å². The first kappa shape index (κ1) is 14.3. The van der Waals surface area contributed by atoms with Crippen molar-refractivity contribution in [3.63, 3.8) is 0 Å². The van der Waals surface area contributed by atoms with E-state index < -0.39 is 5.97 Å². The minimum atomic E-state index is -0.786. The molecular weight excluding hydrogens is 246 g/mol. The summed E-state index contributed by atoms with van der Waals surface area (Å²) in [5, 5.41) is 9.05. The molecule has 19 heavy (non-hydrogen) atoms. The Morgan fingerprint density at radius 1 is 1.32 bits per heavy atom. The van der Waals surface area contributed by atoms with Gasteiger partial charge in [0, 0.05) is 26.6 Å². The van der Waals surface area contributed by atoms with E-state index in [4.69, 9.17) is 9.84 Å². The normalized spacial score (nSPS) is 25.7. The Morgan fingerprint density at radius 2 is 2.00 bits per heavy atom. The molecule has 0 bridgehead atoms. The van der Waals surface area contributed by atoms with Gasteiger partial charge in [0.2, 0.25) is 5.91 Å². The molecule has 5 nitrogen and oxygen atoms in total. The number of carboxylic acids is 1. The zero-order chi connectivity index (χ0) is 13.9. The fourth-order valence-corrected chi connectivity index (χ4v) is 3.44. The molecule has 0 aromatic heterocycles. The summed E-state index contributed by atoms with van der Waals surface area (Å²) in [5.74, 6) is -0.686. The van der Waals surface area contributed by atoms with Gasteiger partial charge in [-0.15, -0.1) is 0 Å². The van der Waals surface area contributed by atoms with Gasteiger partial charge in [-0.05, 0) is 24.7 Å². The predicted molar refractivity (Wildman–Crippen MR) is 69.8 cm³/mol. The SMILES string of the molecule is COC1CCN(C(=O)CC2(CC(=O)O)CCCC2)C1. The van der Waals surface area contributed by atoms with E-state index in [9.17, 15) is 9.59 Å². The van der Waals surface area contributed by atoms with Crippen molar-refractivity contribution in [3.05, 3.63) is 0 Å². The third kappa shape index (κ3) is 3.47. The largest absolute Gasteiger partial charge is 0.481 e. The van der Waals surface area contributed by atoms with Crippen LogP contribution in [0.2, 0.25) is 0 Å². The molecule has 1 saturated carbocycles. The zero-order valence-corrected chi connectivity index (χ0v) is 11.6. The second-order valence-electron chi connectivity index (χ2n) is 5.94. The fourth-order valence-electron chi connectivity index (χ4n) is 3.44. The van der Waals surface area contributed by atoms with Gasteiger partial charge in [0.1, 0.15) is 0 Å². The molecule has 108 valence electrons. The molecule has 2 rings (SSSR count). The van der Waals surface area contributed by atoms with Gasteiger partial charge in [0.15, 0.2) is 0 Å². The van der Waals surface area contributed by atoms with Crippen molar-refractivity contribution in [2.75, 3.05) is 20.2 Å². The molecule has 0 radical (unpaired) electrons. The molecule has 1 saturated heterocycles. The Hall–Kier alpha value is -1.10. The second kappa shape index (κ2) is 5.90. The van der Waals surface area contributed by atoms with Crippen LogP contribution in [-0.4, -0.2) is 48.2 Å². The lowest BCUT2D eigenvalue weighted by molar-refractivity contribution is -0.141. The maximum atomic E-state index is 12.3. The number of methoxy groups -OCH3 is 1. The Morgan fingerprint density at radius 3 is 2.53 bits per heavy atom. The molecule has 1 aliphatic heterocycles. The number of likely N-dealkylation sites (tertiary alicyclic amines) is 1. The summed E-state index contributed by atoms with van der Waals surface area (Å²) in [4.78, 5) is 25.2. The summed E-state index contributed by atoms with van der Waals surface area (Å²) >= 11 is 0. The summed E-state index contributed by atoms with van der Waals surface area (Å²) in [6.45, 7) is 1.39. The lowest BCUT2D eigenvalue weighted by Crippen LogP contribution is -2.35. The molecule has 0 aromatic rings. The van der Waals surface area contributed by atoms with Crippen molar-refractivity contribution in [2.24, 2.45) is 5.41 Å². The first-order valence-electron chi connectivity index (χ1n) is 7.07. The monoisotopic (exact) mass is 269 g/mol. The number of hydrogen-bond acceptors (Lipinski definition) is 3. The summed E-state index contributed by atoms with van der Waals surface area (Å²) in [6.07, 6.45) is 5.36. The minimum Gasteiger partial charge on any atom is -0.481 e. The predicted octanol–water partition coefficient (Wildman–Crippen LogP) is 1.66. The van der Waals surface area contributed by atoms with E-state index in [0.717, 1.165) is 38.6 Å². The highest BCUT2D eigenvalue weighted by molar-refractivity contribution is 5.78. The summed E-state index contributed by atoms with van der Waals surface area (Å²) in [6, 6.07) is 0. The van der Waals surface area contributed by atoms with Crippen LogP contribution in [0.15, 0.2) is 0 Å². The molecule has 1 unspecified atom stereocenters. The number of carbonyl (C=O) groups excluding carboxylic acids is 1. The maximum Gasteiger partial charge on any atom is 0.303 e.